The van der Waals surface area contributed by atoms with Crippen LogP contribution in [-0.2, 0) is 18.4 Å². The smallest absolute Gasteiger partial charge is 0.264 e. The lowest BCUT2D eigenvalue weighted by atomic mass is 10.4. The van der Waals surface area contributed by atoms with Gasteiger partial charge in [-0.3, -0.25) is 18.8 Å². The highest BCUT2D eigenvalue weighted by Gasteiger charge is 2.09. The molecule has 1 amide bonds. The van der Waals surface area contributed by atoms with Crippen molar-refractivity contribution < 1.29 is 4.79 Å². The number of carbonyl (C=O) groups excluding carboxylic acids is 1. The predicted molar refractivity (Wildman–Crippen MR) is 66.0 cm³/mol. The third-order valence-electron chi connectivity index (χ3n) is 2.48. The van der Waals surface area contributed by atoms with Gasteiger partial charge in [0.05, 0.1) is 6.20 Å². The van der Waals surface area contributed by atoms with Gasteiger partial charge in [0.25, 0.3) is 5.56 Å². The molecule has 0 saturated heterocycles. The summed E-state index contributed by atoms with van der Waals surface area (Å²) in [7, 11) is 1.70. The van der Waals surface area contributed by atoms with Crippen molar-refractivity contribution in [3.63, 3.8) is 0 Å². The van der Waals surface area contributed by atoms with E-state index in [4.69, 9.17) is 0 Å². The van der Waals surface area contributed by atoms with Gasteiger partial charge in [-0.1, -0.05) is 6.08 Å². The minimum atomic E-state index is -0.276. The lowest BCUT2D eigenvalue weighted by Crippen LogP contribution is -2.32. The normalized spacial score (nSPS) is 10.5. The van der Waals surface area contributed by atoms with Gasteiger partial charge in [0.2, 0.25) is 5.91 Å². The molecule has 94 valence electrons. The molecule has 0 spiro atoms. The van der Waals surface area contributed by atoms with Crippen LogP contribution in [0.5, 0.6) is 0 Å². The zero-order valence-corrected chi connectivity index (χ0v) is 9.96. The number of carbonyl (C=O) groups is 1. The Hall–Kier alpha value is -2.44. The van der Waals surface area contributed by atoms with Gasteiger partial charge in [0, 0.05) is 13.6 Å². The van der Waals surface area contributed by atoms with Crippen molar-refractivity contribution in [3.05, 3.63) is 35.5 Å². The number of rotatable bonds is 4. The minimum Gasteiger partial charge on any atom is -0.351 e. The maximum Gasteiger partial charge on any atom is 0.264 e. The summed E-state index contributed by atoms with van der Waals surface area (Å²) in [5.41, 5.74) is 0.226. The zero-order valence-electron chi connectivity index (χ0n) is 9.96. The van der Waals surface area contributed by atoms with Crippen LogP contribution in [0, 0.1) is 0 Å². The Bertz CT molecular complexity index is 655. The Morgan fingerprint density at radius 2 is 2.39 bits per heavy atom. The van der Waals surface area contributed by atoms with E-state index in [0.717, 1.165) is 0 Å². The largest absolute Gasteiger partial charge is 0.351 e. The molecule has 0 atom stereocenters. The SMILES string of the molecule is C=CCNC(=O)Cn1cnc2c(cnn2C)c1=O. The second-order valence-corrected chi connectivity index (χ2v) is 3.78. The van der Waals surface area contributed by atoms with E-state index >= 15 is 0 Å². The summed E-state index contributed by atoms with van der Waals surface area (Å²) in [6.07, 6.45) is 4.37. The van der Waals surface area contributed by atoms with Gasteiger partial charge >= 0.3 is 0 Å². The van der Waals surface area contributed by atoms with Crippen molar-refractivity contribution in [1.82, 2.24) is 24.6 Å². The van der Waals surface area contributed by atoms with Crippen LogP contribution in [0.2, 0.25) is 0 Å². The molecule has 7 nitrogen and oxygen atoms in total. The summed E-state index contributed by atoms with van der Waals surface area (Å²) in [5, 5.41) is 6.95. The third kappa shape index (κ3) is 2.15. The number of amides is 1. The van der Waals surface area contributed by atoms with Crippen LogP contribution in [0.4, 0.5) is 0 Å². The molecule has 0 aromatic carbocycles. The second-order valence-electron chi connectivity index (χ2n) is 3.78. The maximum absolute atomic E-state index is 12.0. The van der Waals surface area contributed by atoms with Crippen LogP contribution in [0.25, 0.3) is 11.0 Å². The third-order valence-corrected chi connectivity index (χ3v) is 2.48. The molecule has 2 rings (SSSR count). The van der Waals surface area contributed by atoms with Crippen molar-refractivity contribution in [2.45, 2.75) is 6.54 Å². The van der Waals surface area contributed by atoms with E-state index in [2.05, 4.69) is 22.0 Å². The molecular weight excluding hydrogens is 234 g/mol. The van der Waals surface area contributed by atoms with Crippen molar-refractivity contribution in [1.29, 1.82) is 0 Å². The van der Waals surface area contributed by atoms with E-state index in [-0.39, 0.29) is 18.0 Å². The Balaban J connectivity index is 2.29. The number of aryl methyl sites for hydroxylation is 1. The van der Waals surface area contributed by atoms with Gasteiger partial charge in [-0.25, -0.2) is 4.98 Å². The number of nitrogens with one attached hydrogen (secondary N) is 1. The molecule has 0 fully saturated rings. The molecule has 0 unspecified atom stereocenters. The molecular formula is C11H13N5O2. The summed E-state index contributed by atoms with van der Waals surface area (Å²) < 4.78 is 2.77. The van der Waals surface area contributed by atoms with Crippen LogP contribution < -0.4 is 10.9 Å². The van der Waals surface area contributed by atoms with Crippen LogP contribution in [0.15, 0.2) is 30.0 Å². The zero-order chi connectivity index (χ0) is 13.1. The summed E-state index contributed by atoms with van der Waals surface area (Å²) in [6, 6.07) is 0. The first-order valence-electron chi connectivity index (χ1n) is 5.38. The Morgan fingerprint density at radius 1 is 1.61 bits per heavy atom. The summed E-state index contributed by atoms with van der Waals surface area (Å²) in [5.74, 6) is -0.262. The van der Waals surface area contributed by atoms with Gasteiger partial charge in [-0.2, -0.15) is 5.10 Å². The van der Waals surface area contributed by atoms with E-state index in [1.807, 2.05) is 0 Å². The van der Waals surface area contributed by atoms with Crippen molar-refractivity contribution in [3.8, 4) is 0 Å². The van der Waals surface area contributed by atoms with Crippen molar-refractivity contribution in [2.24, 2.45) is 7.05 Å². The van der Waals surface area contributed by atoms with Crippen molar-refractivity contribution in [2.75, 3.05) is 6.54 Å². The molecule has 0 radical (unpaired) electrons. The first kappa shape index (κ1) is 12.0. The molecule has 2 heterocycles. The first-order valence-corrected chi connectivity index (χ1v) is 5.38. The highest BCUT2D eigenvalue weighted by atomic mass is 16.2. The predicted octanol–water partition coefficient (Wildman–Crippen LogP) is -0.568. The van der Waals surface area contributed by atoms with E-state index in [1.165, 1.54) is 21.8 Å². The maximum atomic E-state index is 12.0. The second kappa shape index (κ2) is 4.82. The standard InChI is InChI=1S/C11H13N5O2/c1-3-4-12-9(17)6-16-7-13-10-8(11(16)18)5-14-15(10)2/h3,5,7H,1,4,6H2,2H3,(H,12,17). The molecule has 0 aliphatic heterocycles. The number of aromatic nitrogens is 4. The van der Waals surface area contributed by atoms with Crippen LogP contribution in [0.3, 0.4) is 0 Å². The number of nitrogens with zero attached hydrogens (tertiary/aromatic N) is 4. The molecule has 0 bridgehead atoms. The molecule has 2 aromatic rings. The minimum absolute atomic E-state index is 0.0650. The number of fused-ring (bicyclic) bond motifs is 1. The molecule has 18 heavy (non-hydrogen) atoms. The molecule has 2 aromatic heterocycles. The lowest BCUT2D eigenvalue weighted by Gasteiger charge is -2.05. The summed E-state index contributed by atoms with van der Waals surface area (Å²) in [6.45, 7) is 3.80. The van der Waals surface area contributed by atoms with Gasteiger partial charge < -0.3 is 5.32 Å². The monoisotopic (exact) mass is 247 g/mol. The average Bonchev–Trinajstić information content (AvgIpc) is 2.73. The van der Waals surface area contributed by atoms with Crippen LogP contribution >= 0.6 is 0 Å². The van der Waals surface area contributed by atoms with E-state index < -0.39 is 0 Å². The van der Waals surface area contributed by atoms with Crippen molar-refractivity contribution >= 4 is 16.9 Å². The molecule has 0 saturated carbocycles. The van der Waals surface area contributed by atoms with Gasteiger partial charge in [-0.05, 0) is 0 Å². The quantitative estimate of drug-likeness (QED) is 0.734. The first-order chi connectivity index (χ1) is 8.63. The van der Waals surface area contributed by atoms with E-state index in [9.17, 15) is 9.59 Å². The van der Waals surface area contributed by atoms with Crippen LogP contribution in [0.1, 0.15) is 0 Å². The highest BCUT2D eigenvalue weighted by molar-refractivity contribution is 5.77. The number of hydrogen-bond acceptors (Lipinski definition) is 4. The van der Waals surface area contributed by atoms with Crippen LogP contribution in [-0.4, -0.2) is 31.8 Å². The Kier molecular flexibility index (Phi) is 3.22. The van der Waals surface area contributed by atoms with E-state index in [1.54, 1.807) is 13.1 Å². The molecule has 0 aliphatic rings. The molecule has 0 aliphatic carbocycles. The molecule has 7 heteroatoms. The fraction of sp³-hybridized carbons (Fsp3) is 0.273. The summed E-state index contributed by atoms with van der Waals surface area (Å²) >= 11 is 0. The highest BCUT2D eigenvalue weighted by Crippen LogP contribution is 2.02. The van der Waals surface area contributed by atoms with E-state index in [0.29, 0.717) is 17.6 Å². The Morgan fingerprint density at radius 3 is 3.11 bits per heavy atom. The Labute approximate surface area is 103 Å². The topological polar surface area (TPSA) is 81.8 Å². The fourth-order valence-corrected chi connectivity index (χ4v) is 1.58. The lowest BCUT2D eigenvalue weighted by molar-refractivity contribution is -0.121. The fourth-order valence-electron chi connectivity index (χ4n) is 1.58. The van der Waals surface area contributed by atoms with Gasteiger partial charge in [0.15, 0.2) is 5.65 Å². The average molecular weight is 247 g/mol. The summed E-state index contributed by atoms with van der Waals surface area (Å²) in [4.78, 5) is 27.6. The number of hydrogen-bond donors (Lipinski definition) is 1. The molecule has 1 N–H and O–H groups in total. The van der Waals surface area contributed by atoms with Gasteiger partial charge in [0.1, 0.15) is 18.3 Å². The van der Waals surface area contributed by atoms with Gasteiger partial charge in [-0.15, -0.1) is 6.58 Å².